The highest BCUT2D eigenvalue weighted by atomic mass is 16.6. The van der Waals surface area contributed by atoms with Crippen molar-refractivity contribution >= 4 is 5.97 Å². The molecule has 0 aliphatic rings. The molecule has 1 aromatic heterocycles. The van der Waals surface area contributed by atoms with Crippen LogP contribution in [0.4, 0.5) is 0 Å². The van der Waals surface area contributed by atoms with Gasteiger partial charge in [0.2, 0.25) is 0 Å². The maximum Gasteiger partial charge on any atom is 0.306 e. The van der Waals surface area contributed by atoms with Gasteiger partial charge in [-0.15, -0.1) is 0 Å². The molecule has 0 spiro atoms. The number of nitrogens with zero attached hydrogens (tertiary/aromatic N) is 2. The third-order valence-corrected chi connectivity index (χ3v) is 7.10. The maximum atomic E-state index is 12.2. The lowest BCUT2D eigenvalue weighted by Gasteiger charge is -2.16. The Kier molecular flexibility index (Phi) is 14.2. The first-order valence-electron chi connectivity index (χ1n) is 15.5. The van der Waals surface area contributed by atoms with Gasteiger partial charge >= 0.3 is 5.97 Å². The lowest BCUT2D eigenvalue weighted by Crippen LogP contribution is -2.23. The fourth-order valence-electron chi connectivity index (χ4n) is 4.60. The van der Waals surface area contributed by atoms with Crippen LogP contribution in [0.3, 0.4) is 0 Å². The molecule has 222 valence electrons. The first-order valence-corrected chi connectivity index (χ1v) is 15.5. The Balaban J connectivity index is 1.42. The average molecular weight is 561 g/mol. The molecule has 0 fully saturated rings. The fraction of sp³-hybridized carbons (Fsp3) is 0.514. The number of hydrogen-bond acceptors (Lipinski definition) is 6. The molecule has 6 nitrogen and oxygen atoms in total. The molecule has 0 aliphatic carbocycles. The maximum absolute atomic E-state index is 12.2. The Hall–Kier alpha value is -3.41. The second-order valence-corrected chi connectivity index (χ2v) is 11.0. The average Bonchev–Trinajstić information content (AvgIpc) is 2.99. The van der Waals surface area contributed by atoms with Gasteiger partial charge in [0.15, 0.2) is 5.82 Å². The van der Waals surface area contributed by atoms with Crippen LogP contribution in [-0.2, 0) is 9.53 Å². The van der Waals surface area contributed by atoms with E-state index in [0.717, 1.165) is 60.5 Å². The molecular formula is C35H48N2O4. The van der Waals surface area contributed by atoms with Crippen molar-refractivity contribution < 1.29 is 19.0 Å². The fourth-order valence-corrected chi connectivity index (χ4v) is 4.60. The summed E-state index contributed by atoms with van der Waals surface area (Å²) in [6.45, 7) is 9.43. The van der Waals surface area contributed by atoms with Gasteiger partial charge in [0.25, 0.3) is 0 Å². The molecule has 2 aromatic carbocycles. The third-order valence-electron chi connectivity index (χ3n) is 7.10. The van der Waals surface area contributed by atoms with Gasteiger partial charge in [-0.1, -0.05) is 84.3 Å². The molecule has 6 heteroatoms. The van der Waals surface area contributed by atoms with Crippen molar-refractivity contribution in [2.24, 2.45) is 5.92 Å². The predicted molar refractivity (Wildman–Crippen MR) is 166 cm³/mol. The number of hydrogen-bond donors (Lipinski definition) is 0. The Morgan fingerprint density at radius 2 is 1.29 bits per heavy atom. The molecule has 1 heterocycles. The number of unbranched alkanes of at least 4 members (excludes halogenated alkanes) is 6. The molecule has 0 N–H and O–H groups in total. The van der Waals surface area contributed by atoms with Gasteiger partial charge in [-0.3, -0.25) is 4.79 Å². The summed E-state index contributed by atoms with van der Waals surface area (Å²) >= 11 is 0. The van der Waals surface area contributed by atoms with Gasteiger partial charge in [-0.25, -0.2) is 9.97 Å². The SMILES string of the molecule is CCCCCCCCOc1ccc(-c2ncc(-c3ccc(OCC(C)OC(=O)CC(C)CCCC)cc3)cn2)cc1. The van der Waals surface area contributed by atoms with E-state index in [2.05, 4.69) is 30.7 Å². The van der Waals surface area contributed by atoms with Crippen LogP contribution in [0.5, 0.6) is 11.5 Å². The summed E-state index contributed by atoms with van der Waals surface area (Å²) in [4.78, 5) is 21.3. The zero-order valence-electron chi connectivity index (χ0n) is 25.4. The molecule has 2 atom stereocenters. The molecular weight excluding hydrogens is 512 g/mol. The number of carbonyl (C=O) groups excluding carboxylic acids is 1. The molecule has 2 unspecified atom stereocenters. The predicted octanol–water partition coefficient (Wildman–Crippen LogP) is 9.08. The lowest BCUT2D eigenvalue weighted by atomic mass is 10.0. The van der Waals surface area contributed by atoms with Crippen molar-refractivity contribution in [3.8, 4) is 34.0 Å². The largest absolute Gasteiger partial charge is 0.494 e. The molecule has 0 amide bonds. The van der Waals surface area contributed by atoms with E-state index in [4.69, 9.17) is 14.2 Å². The summed E-state index contributed by atoms with van der Waals surface area (Å²) in [6.07, 6.45) is 14.7. The minimum absolute atomic E-state index is 0.156. The van der Waals surface area contributed by atoms with Crippen LogP contribution in [0.25, 0.3) is 22.5 Å². The minimum Gasteiger partial charge on any atom is -0.494 e. The summed E-state index contributed by atoms with van der Waals surface area (Å²) < 4.78 is 17.3. The van der Waals surface area contributed by atoms with Crippen LogP contribution in [0.2, 0.25) is 0 Å². The highest BCUT2D eigenvalue weighted by Gasteiger charge is 2.14. The summed E-state index contributed by atoms with van der Waals surface area (Å²) in [6, 6.07) is 15.8. The van der Waals surface area contributed by atoms with Gasteiger partial charge < -0.3 is 14.2 Å². The Labute approximate surface area is 246 Å². The molecule has 3 rings (SSSR count). The Morgan fingerprint density at radius 3 is 1.95 bits per heavy atom. The van der Waals surface area contributed by atoms with Crippen molar-refractivity contribution in [1.82, 2.24) is 9.97 Å². The zero-order chi connectivity index (χ0) is 29.3. The zero-order valence-corrected chi connectivity index (χ0v) is 25.4. The van der Waals surface area contributed by atoms with Gasteiger partial charge in [-0.05, 0) is 61.2 Å². The van der Waals surface area contributed by atoms with Crippen LogP contribution in [0.1, 0.15) is 91.9 Å². The van der Waals surface area contributed by atoms with Crippen molar-refractivity contribution in [2.75, 3.05) is 13.2 Å². The first-order chi connectivity index (χ1) is 20.0. The topological polar surface area (TPSA) is 70.5 Å². The van der Waals surface area contributed by atoms with Crippen LogP contribution >= 0.6 is 0 Å². The second-order valence-electron chi connectivity index (χ2n) is 11.0. The van der Waals surface area contributed by atoms with Crippen LogP contribution < -0.4 is 9.47 Å². The highest BCUT2D eigenvalue weighted by molar-refractivity contribution is 5.69. The standard InChI is InChI=1S/C35H48N2O4/c1-5-7-9-10-11-12-22-39-32-20-16-30(17-21-32)35-36-24-31(25-37-35)29-14-18-33(19-15-29)40-26-28(4)41-34(38)23-27(3)13-8-6-2/h14-21,24-25,27-28H,5-13,22-23,26H2,1-4H3. The number of benzene rings is 2. The van der Waals surface area contributed by atoms with E-state index in [1.165, 1.54) is 32.1 Å². The summed E-state index contributed by atoms with van der Waals surface area (Å²) in [5, 5.41) is 0. The van der Waals surface area contributed by atoms with Crippen LogP contribution in [-0.4, -0.2) is 35.3 Å². The summed E-state index contributed by atoms with van der Waals surface area (Å²) in [5.74, 6) is 2.48. The number of esters is 1. The van der Waals surface area contributed by atoms with E-state index in [1.807, 2.05) is 67.8 Å². The number of aromatic nitrogens is 2. The Bertz CT molecular complexity index is 1130. The van der Waals surface area contributed by atoms with Crippen molar-refractivity contribution in [3.63, 3.8) is 0 Å². The molecule has 0 saturated heterocycles. The van der Waals surface area contributed by atoms with Crippen LogP contribution in [0, 0.1) is 5.92 Å². The number of ether oxygens (including phenoxy) is 3. The minimum atomic E-state index is -0.303. The van der Waals surface area contributed by atoms with Crippen molar-refractivity contribution in [2.45, 2.75) is 98.0 Å². The number of rotatable bonds is 19. The summed E-state index contributed by atoms with van der Waals surface area (Å²) in [5.41, 5.74) is 2.89. The van der Waals surface area contributed by atoms with Gasteiger partial charge in [0.05, 0.1) is 6.61 Å². The molecule has 0 saturated carbocycles. The monoisotopic (exact) mass is 560 g/mol. The molecule has 0 radical (unpaired) electrons. The molecule has 41 heavy (non-hydrogen) atoms. The summed E-state index contributed by atoms with van der Waals surface area (Å²) in [7, 11) is 0. The van der Waals surface area contributed by atoms with E-state index >= 15 is 0 Å². The lowest BCUT2D eigenvalue weighted by molar-refractivity contribution is -0.150. The van der Waals surface area contributed by atoms with E-state index in [9.17, 15) is 4.79 Å². The van der Waals surface area contributed by atoms with E-state index in [0.29, 0.717) is 24.8 Å². The van der Waals surface area contributed by atoms with Crippen LogP contribution in [0.15, 0.2) is 60.9 Å². The molecule has 3 aromatic rings. The van der Waals surface area contributed by atoms with E-state index < -0.39 is 0 Å². The van der Waals surface area contributed by atoms with Gasteiger partial charge in [-0.2, -0.15) is 0 Å². The Morgan fingerprint density at radius 1 is 0.707 bits per heavy atom. The van der Waals surface area contributed by atoms with Crippen molar-refractivity contribution in [3.05, 3.63) is 60.9 Å². The molecule has 0 bridgehead atoms. The smallest absolute Gasteiger partial charge is 0.306 e. The first kappa shape index (κ1) is 32.1. The van der Waals surface area contributed by atoms with E-state index in [-0.39, 0.29) is 12.1 Å². The second kappa shape index (κ2) is 18.1. The quantitative estimate of drug-likeness (QED) is 0.108. The van der Waals surface area contributed by atoms with Crippen molar-refractivity contribution in [1.29, 1.82) is 0 Å². The number of carbonyl (C=O) groups is 1. The van der Waals surface area contributed by atoms with Gasteiger partial charge in [0, 0.05) is 29.9 Å². The highest BCUT2D eigenvalue weighted by Crippen LogP contribution is 2.24. The van der Waals surface area contributed by atoms with Gasteiger partial charge in [0.1, 0.15) is 24.2 Å². The third kappa shape index (κ3) is 11.9. The van der Waals surface area contributed by atoms with E-state index in [1.54, 1.807) is 0 Å². The normalized spacial score (nSPS) is 12.5. The molecule has 0 aliphatic heterocycles.